The maximum Gasteiger partial charge on any atom is 0.258 e. The standard InChI is InChI=1S/C19H24N2O/c1-3-20(4-2)15-16-21(18-13-9-6-10-14-18)19(22)17-11-7-5-8-12-17/h5-14H,3-4,15-16H2,1-2H3. The summed E-state index contributed by atoms with van der Waals surface area (Å²) in [6.07, 6.45) is 0. The molecule has 1 amide bonds. The van der Waals surface area contributed by atoms with Crippen molar-refractivity contribution in [3.05, 3.63) is 66.2 Å². The number of nitrogens with zero attached hydrogens (tertiary/aromatic N) is 2. The molecule has 0 atom stereocenters. The minimum atomic E-state index is 0.0546. The highest BCUT2D eigenvalue weighted by molar-refractivity contribution is 6.06. The molecule has 22 heavy (non-hydrogen) atoms. The SMILES string of the molecule is CCN(CC)CCN(C(=O)c1ccccc1)c1ccccc1. The van der Waals surface area contributed by atoms with Gasteiger partial charge in [0.15, 0.2) is 0 Å². The summed E-state index contributed by atoms with van der Waals surface area (Å²) in [5.74, 6) is 0.0546. The third-order valence-corrected chi connectivity index (χ3v) is 3.87. The molecule has 0 aromatic heterocycles. The molecule has 116 valence electrons. The van der Waals surface area contributed by atoms with Crippen molar-refractivity contribution in [2.24, 2.45) is 0 Å². The van der Waals surface area contributed by atoms with Crippen LogP contribution in [0.3, 0.4) is 0 Å². The van der Waals surface area contributed by atoms with Crippen LogP contribution in [-0.2, 0) is 0 Å². The van der Waals surface area contributed by atoms with Crippen LogP contribution < -0.4 is 4.90 Å². The van der Waals surface area contributed by atoms with Gasteiger partial charge in [-0.15, -0.1) is 0 Å². The van der Waals surface area contributed by atoms with Gasteiger partial charge in [-0.25, -0.2) is 0 Å². The van der Waals surface area contributed by atoms with Gasteiger partial charge >= 0.3 is 0 Å². The molecule has 0 bridgehead atoms. The van der Waals surface area contributed by atoms with Crippen LogP contribution in [0.2, 0.25) is 0 Å². The zero-order chi connectivity index (χ0) is 15.8. The van der Waals surface area contributed by atoms with E-state index in [1.165, 1.54) is 0 Å². The lowest BCUT2D eigenvalue weighted by Crippen LogP contribution is -2.38. The van der Waals surface area contributed by atoms with Gasteiger partial charge < -0.3 is 9.80 Å². The van der Waals surface area contributed by atoms with E-state index in [9.17, 15) is 4.79 Å². The first kappa shape index (κ1) is 16.2. The second kappa shape index (κ2) is 8.35. The van der Waals surface area contributed by atoms with Gasteiger partial charge in [0, 0.05) is 24.3 Å². The highest BCUT2D eigenvalue weighted by Crippen LogP contribution is 2.16. The molecule has 2 rings (SSSR count). The number of hydrogen-bond acceptors (Lipinski definition) is 2. The fraction of sp³-hybridized carbons (Fsp3) is 0.316. The monoisotopic (exact) mass is 296 g/mol. The molecule has 0 unspecified atom stereocenters. The topological polar surface area (TPSA) is 23.6 Å². The molecule has 2 aromatic rings. The summed E-state index contributed by atoms with van der Waals surface area (Å²) in [4.78, 5) is 17.0. The number of rotatable bonds is 7. The minimum absolute atomic E-state index is 0.0546. The number of carbonyl (C=O) groups excluding carboxylic acids is 1. The smallest absolute Gasteiger partial charge is 0.258 e. The van der Waals surface area contributed by atoms with Crippen molar-refractivity contribution in [3.63, 3.8) is 0 Å². The Balaban J connectivity index is 2.20. The van der Waals surface area contributed by atoms with Crippen LogP contribution in [0.4, 0.5) is 5.69 Å². The minimum Gasteiger partial charge on any atom is -0.307 e. The maximum atomic E-state index is 12.8. The molecule has 0 saturated heterocycles. The third-order valence-electron chi connectivity index (χ3n) is 3.87. The van der Waals surface area contributed by atoms with Crippen LogP contribution in [0.1, 0.15) is 24.2 Å². The molecule has 2 aromatic carbocycles. The Labute approximate surface area is 133 Å². The molecule has 0 aliphatic carbocycles. The van der Waals surface area contributed by atoms with Crippen molar-refractivity contribution in [2.75, 3.05) is 31.1 Å². The normalized spacial score (nSPS) is 10.7. The molecule has 0 aliphatic rings. The summed E-state index contributed by atoms with van der Waals surface area (Å²) < 4.78 is 0. The number of carbonyl (C=O) groups is 1. The summed E-state index contributed by atoms with van der Waals surface area (Å²) in [5, 5.41) is 0. The number of benzene rings is 2. The highest BCUT2D eigenvalue weighted by atomic mass is 16.2. The average Bonchev–Trinajstić information content (AvgIpc) is 2.60. The predicted octanol–water partition coefficient (Wildman–Crippen LogP) is 3.68. The molecule has 0 aliphatic heterocycles. The fourth-order valence-corrected chi connectivity index (χ4v) is 2.47. The Morgan fingerprint density at radius 2 is 1.36 bits per heavy atom. The second-order valence-electron chi connectivity index (χ2n) is 5.19. The molecule has 0 N–H and O–H groups in total. The van der Waals surface area contributed by atoms with Crippen molar-refractivity contribution < 1.29 is 4.79 Å². The summed E-state index contributed by atoms with van der Waals surface area (Å²) in [6, 6.07) is 19.4. The fourth-order valence-electron chi connectivity index (χ4n) is 2.47. The third kappa shape index (κ3) is 4.18. The predicted molar refractivity (Wildman–Crippen MR) is 92.3 cm³/mol. The van der Waals surface area contributed by atoms with E-state index in [0.717, 1.165) is 30.9 Å². The van der Waals surface area contributed by atoms with E-state index in [2.05, 4.69) is 18.7 Å². The molecular formula is C19H24N2O. The quantitative estimate of drug-likeness (QED) is 0.778. The Hall–Kier alpha value is -2.13. The first-order chi connectivity index (χ1) is 10.8. The van der Waals surface area contributed by atoms with Gasteiger partial charge in [0.1, 0.15) is 0 Å². The van der Waals surface area contributed by atoms with Gasteiger partial charge in [0.25, 0.3) is 5.91 Å². The van der Waals surface area contributed by atoms with Crippen LogP contribution in [-0.4, -0.2) is 37.0 Å². The first-order valence-corrected chi connectivity index (χ1v) is 7.90. The van der Waals surface area contributed by atoms with Crippen LogP contribution >= 0.6 is 0 Å². The maximum absolute atomic E-state index is 12.8. The van der Waals surface area contributed by atoms with E-state index >= 15 is 0 Å². The number of anilines is 1. The largest absolute Gasteiger partial charge is 0.307 e. The van der Waals surface area contributed by atoms with E-state index in [0.29, 0.717) is 6.54 Å². The van der Waals surface area contributed by atoms with E-state index in [1.54, 1.807) is 0 Å². The summed E-state index contributed by atoms with van der Waals surface area (Å²) in [6.45, 7) is 7.86. The molecule has 3 nitrogen and oxygen atoms in total. The van der Waals surface area contributed by atoms with Gasteiger partial charge in [0.2, 0.25) is 0 Å². The Kier molecular flexibility index (Phi) is 6.16. The molecule has 0 fully saturated rings. The average molecular weight is 296 g/mol. The van der Waals surface area contributed by atoms with E-state index in [4.69, 9.17) is 0 Å². The van der Waals surface area contributed by atoms with Gasteiger partial charge in [-0.3, -0.25) is 4.79 Å². The lowest BCUT2D eigenvalue weighted by Gasteiger charge is -2.26. The van der Waals surface area contributed by atoms with Crippen LogP contribution in [0.25, 0.3) is 0 Å². The number of likely N-dealkylation sites (N-methyl/N-ethyl adjacent to an activating group) is 1. The van der Waals surface area contributed by atoms with Gasteiger partial charge in [-0.2, -0.15) is 0 Å². The van der Waals surface area contributed by atoms with Crippen molar-refractivity contribution >= 4 is 11.6 Å². The highest BCUT2D eigenvalue weighted by Gasteiger charge is 2.17. The summed E-state index contributed by atoms with van der Waals surface area (Å²) in [7, 11) is 0. The Morgan fingerprint density at radius 3 is 1.91 bits per heavy atom. The van der Waals surface area contributed by atoms with Crippen LogP contribution in [0.15, 0.2) is 60.7 Å². The van der Waals surface area contributed by atoms with Gasteiger partial charge in [-0.1, -0.05) is 50.2 Å². The number of para-hydroxylation sites is 1. The molecule has 0 spiro atoms. The van der Waals surface area contributed by atoms with Crippen LogP contribution in [0.5, 0.6) is 0 Å². The van der Waals surface area contributed by atoms with E-state index in [-0.39, 0.29) is 5.91 Å². The summed E-state index contributed by atoms with van der Waals surface area (Å²) in [5.41, 5.74) is 1.68. The van der Waals surface area contributed by atoms with Crippen molar-refractivity contribution in [3.8, 4) is 0 Å². The number of amides is 1. The molecular weight excluding hydrogens is 272 g/mol. The molecule has 3 heteroatoms. The van der Waals surface area contributed by atoms with Gasteiger partial charge in [-0.05, 0) is 37.4 Å². The summed E-state index contributed by atoms with van der Waals surface area (Å²) >= 11 is 0. The Morgan fingerprint density at radius 1 is 0.818 bits per heavy atom. The molecule has 0 saturated carbocycles. The Bertz CT molecular complexity index is 565. The van der Waals surface area contributed by atoms with Gasteiger partial charge in [0.05, 0.1) is 0 Å². The number of hydrogen-bond donors (Lipinski definition) is 0. The van der Waals surface area contributed by atoms with E-state index < -0.39 is 0 Å². The first-order valence-electron chi connectivity index (χ1n) is 7.90. The lowest BCUT2D eigenvalue weighted by atomic mass is 10.1. The molecule has 0 heterocycles. The zero-order valence-electron chi connectivity index (χ0n) is 13.4. The zero-order valence-corrected chi connectivity index (χ0v) is 13.4. The van der Waals surface area contributed by atoms with Crippen LogP contribution in [0, 0.1) is 0 Å². The second-order valence-corrected chi connectivity index (χ2v) is 5.19. The van der Waals surface area contributed by atoms with Crippen molar-refractivity contribution in [1.82, 2.24) is 4.90 Å². The lowest BCUT2D eigenvalue weighted by molar-refractivity contribution is 0.0984. The molecule has 0 radical (unpaired) electrons. The van der Waals surface area contributed by atoms with E-state index in [1.807, 2.05) is 65.6 Å². The van der Waals surface area contributed by atoms with Crippen molar-refractivity contribution in [1.29, 1.82) is 0 Å². The van der Waals surface area contributed by atoms with Crippen molar-refractivity contribution in [2.45, 2.75) is 13.8 Å².